The average molecular weight is 487 g/mol. The van der Waals surface area contributed by atoms with Crippen molar-refractivity contribution in [3.8, 4) is 5.75 Å². The zero-order valence-electron chi connectivity index (χ0n) is 19.3. The Morgan fingerprint density at radius 2 is 1.73 bits per heavy atom. The number of sulfonamides is 1. The van der Waals surface area contributed by atoms with Crippen molar-refractivity contribution < 1.29 is 17.9 Å². The summed E-state index contributed by atoms with van der Waals surface area (Å²) in [5.74, 6) is -0.283. The van der Waals surface area contributed by atoms with E-state index in [0.29, 0.717) is 22.0 Å². The minimum absolute atomic E-state index is 0.00466. The molecular weight excluding hydrogens is 460 g/mol. The van der Waals surface area contributed by atoms with Crippen LogP contribution in [0.3, 0.4) is 0 Å². The summed E-state index contributed by atoms with van der Waals surface area (Å²) in [7, 11) is -2.72. The van der Waals surface area contributed by atoms with Gasteiger partial charge in [0.2, 0.25) is 5.91 Å². The second kappa shape index (κ2) is 9.85. The van der Waals surface area contributed by atoms with Crippen LogP contribution in [0.2, 0.25) is 5.02 Å². The first kappa shape index (κ1) is 24.6. The van der Waals surface area contributed by atoms with Crippen molar-refractivity contribution in [1.82, 2.24) is 0 Å². The molecule has 174 valence electrons. The van der Waals surface area contributed by atoms with Crippen molar-refractivity contribution in [3.05, 3.63) is 81.9 Å². The average Bonchev–Trinajstić information content (AvgIpc) is 2.77. The molecule has 0 radical (unpaired) electrons. The van der Waals surface area contributed by atoms with E-state index in [2.05, 4.69) is 5.32 Å². The molecular formula is C25H27ClN2O4S. The number of nitrogens with one attached hydrogen (secondary N) is 1. The molecule has 0 spiro atoms. The lowest BCUT2D eigenvalue weighted by Gasteiger charge is -2.26. The van der Waals surface area contributed by atoms with Gasteiger partial charge in [-0.3, -0.25) is 9.10 Å². The molecule has 0 aromatic heterocycles. The van der Waals surface area contributed by atoms with Crippen LogP contribution < -0.4 is 14.4 Å². The maximum absolute atomic E-state index is 13.8. The van der Waals surface area contributed by atoms with Crippen LogP contribution in [-0.4, -0.2) is 28.0 Å². The summed E-state index contributed by atoms with van der Waals surface area (Å²) in [6, 6.07) is 15.4. The molecule has 33 heavy (non-hydrogen) atoms. The molecule has 6 nitrogen and oxygen atoms in total. The van der Waals surface area contributed by atoms with E-state index in [0.717, 1.165) is 21.0 Å². The third-order valence-corrected chi connectivity index (χ3v) is 7.70. The van der Waals surface area contributed by atoms with Crippen LogP contribution in [0.4, 0.5) is 11.4 Å². The molecule has 0 bridgehead atoms. The van der Waals surface area contributed by atoms with Gasteiger partial charge in [-0.25, -0.2) is 8.42 Å². The molecule has 8 heteroatoms. The molecule has 0 unspecified atom stereocenters. The highest BCUT2D eigenvalue weighted by atomic mass is 35.5. The number of hydrogen-bond donors (Lipinski definition) is 1. The van der Waals surface area contributed by atoms with E-state index < -0.39 is 22.5 Å². The van der Waals surface area contributed by atoms with Gasteiger partial charge in [0.1, 0.15) is 17.2 Å². The quantitative estimate of drug-likeness (QED) is 0.484. The minimum Gasteiger partial charge on any atom is -0.495 e. The Balaban J connectivity index is 2.07. The van der Waals surface area contributed by atoms with Crippen LogP contribution in [-0.2, 0) is 14.8 Å². The number of carbonyl (C=O) groups excluding carboxylic acids is 1. The Morgan fingerprint density at radius 1 is 1.00 bits per heavy atom. The maximum atomic E-state index is 13.8. The lowest BCUT2D eigenvalue weighted by molar-refractivity contribution is -0.114. The van der Waals surface area contributed by atoms with Gasteiger partial charge < -0.3 is 10.1 Å². The molecule has 3 rings (SSSR count). The fraction of sp³-hybridized carbons (Fsp3) is 0.240. The zero-order valence-corrected chi connectivity index (χ0v) is 20.8. The van der Waals surface area contributed by atoms with E-state index in [-0.39, 0.29) is 10.6 Å². The van der Waals surface area contributed by atoms with Crippen LogP contribution in [0, 0.1) is 27.7 Å². The molecule has 0 atom stereocenters. The number of methoxy groups -OCH3 is 1. The fourth-order valence-corrected chi connectivity index (χ4v) is 5.19. The first-order valence-electron chi connectivity index (χ1n) is 10.3. The van der Waals surface area contributed by atoms with Gasteiger partial charge in [-0.15, -0.1) is 0 Å². The van der Waals surface area contributed by atoms with Crippen molar-refractivity contribution in [2.75, 3.05) is 23.3 Å². The molecule has 0 aliphatic carbocycles. The standard InChI is InChI=1S/C25H27ClN2O4S/c1-16-9-12-23(32-5)24(13-16)33(30,31)28(20-11-10-17(2)18(3)14-20)15-25(29)27-22-8-6-7-21(26)19(22)4/h6-14H,15H2,1-5H3,(H,27,29). The largest absolute Gasteiger partial charge is 0.495 e. The summed E-state index contributed by atoms with van der Waals surface area (Å²) in [5.41, 5.74) is 4.30. The van der Waals surface area contributed by atoms with Crippen molar-refractivity contribution in [3.63, 3.8) is 0 Å². The van der Waals surface area contributed by atoms with Crippen LogP contribution in [0.25, 0.3) is 0 Å². The Kier molecular flexibility index (Phi) is 7.34. The minimum atomic E-state index is -4.13. The fourth-order valence-electron chi connectivity index (χ4n) is 3.36. The van der Waals surface area contributed by atoms with Crippen molar-refractivity contribution in [2.24, 2.45) is 0 Å². The zero-order chi connectivity index (χ0) is 24.3. The number of aryl methyl sites for hydroxylation is 3. The van der Waals surface area contributed by atoms with Crippen LogP contribution in [0.1, 0.15) is 22.3 Å². The van der Waals surface area contributed by atoms with E-state index in [1.165, 1.54) is 7.11 Å². The Morgan fingerprint density at radius 3 is 2.39 bits per heavy atom. The summed E-state index contributed by atoms with van der Waals surface area (Å²) < 4.78 is 34.1. The molecule has 0 aliphatic rings. The van der Waals surface area contributed by atoms with Crippen molar-refractivity contribution >= 4 is 38.9 Å². The first-order chi connectivity index (χ1) is 15.5. The van der Waals surface area contributed by atoms with Crippen molar-refractivity contribution in [2.45, 2.75) is 32.6 Å². The number of halogens is 1. The lowest BCUT2D eigenvalue weighted by Crippen LogP contribution is -2.38. The maximum Gasteiger partial charge on any atom is 0.268 e. The van der Waals surface area contributed by atoms with Crippen LogP contribution in [0.5, 0.6) is 5.75 Å². The number of carbonyl (C=O) groups is 1. The number of rotatable bonds is 7. The van der Waals surface area contributed by atoms with Gasteiger partial charge >= 0.3 is 0 Å². The first-order valence-corrected chi connectivity index (χ1v) is 12.2. The number of hydrogen-bond acceptors (Lipinski definition) is 4. The normalized spacial score (nSPS) is 11.2. The molecule has 0 aliphatic heterocycles. The molecule has 1 amide bonds. The summed E-state index contributed by atoms with van der Waals surface area (Å²) in [4.78, 5) is 13.0. The molecule has 1 N–H and O–H groups in total. The molecule has 0 fully saturated rings. The SMILES string of the molecule is COc1ccc(C)cc1S(=O)(=O)N(CC(=O)Nc1cccc(Cl)c1C)c1ccc(C)c(C)c1. The third kappa shape index (κ3) is 5.31. The monoisotopic (exact) mass is 486 g/mol. The molecule has 0 heterocycles. The van der Waals surface area contributed by atoms with E-state index >= 15 is 0 Å². The highest BCUT2D eigenvalue weighted by Gasteiger charge is 2.30. The van der Waals surface area contributed by atoms with Gasteiger partial charge in [-0.05, 0) is 86.3 Å². The highest BCUT2D eigenvalue weighted by molar-refractivity contribution is 7.93. The second-order valence-corrected chi connectivity index (χ2v) is 10.1. The highest BCUT2D eigenvalue weighted by Crippen LogP contribution is 2.32. The molecule has 0 saturated heterocycles. The van der Waals surface area contributed by atoms with Crippen LogP contribution in [0.15, 0.2) is 59.5 Å². The van der Waals surface area contributed by atoms with Gasteiger partial charge in [-0.2, -0.15) is 0 Å². The van der Waals surface area contributed by atoms with Gasteiger partial charge in [0.25, 0.3) is 10.0 Å². The Hall–Kier alpha value is -3.03. The van der Waals surface area contributed by atoms with Gasteiger partial charge in [0.05, 0.1) is 12.8 Å². The van der Waals surface area contributed by atoms with E-state index in [1.54, 1.807) is 62.4 Å². The number of nitrogens with zero attached hydrogens (tertiary/aromatic N) is 1. The third-order valence-electron chi connectivity index (χ3n) is 5.49. The smallest absolute Gasteiger partial charge is 0.268 e. The van der Waals surface area contributed by atoms with Gasteiger partial charge in [0, 0.05) is 10.7 Å². The number of ether oxygens (including phenoxy) is 1. The Labute approximate surface area is 200 Å². The van der Waals surface area contributed by atoms with Gasteiger partial charge in [0.15, 0.2) is 0 Å². The van der Waals surface area contributed by atoms with E-state index in [9.17, 15) is 13.2 Å². The summed E-state index contributed by atoms with van der Waals surface area (Å²) in [6.07, 6.45) is 0. The molecule has 0 saturated carbocycles. The predicted molar refractivity (Wildman–Crippen MR) is 133 cm³/mol. The van der Waals surface area contributed by atoms with E-state index in [1.807, 2.05) is 19.9 Å². The summed E-state index contributed by atoms with van der Waals surface area (Å²) >= 11 is 6.16. The lowest BCUT2D eigenvalue weighted by atomic mass is 10.1. The number of benzene rings is 3. The Bertz CT molecular complexity index is 1310. The summed E-state index contributed by atoms with van der Waals surface area (Å²) in [5, 5.41) is 3.29. The topological polar surface area (TPSA) is 75.7 Å². The molecule has 3 aromatic carbocycles. The summed E-state index contributed by atoms with van der Waals surface area (Å²) in [6.45, 7) is 7.00. The van der Waals surface area contributed by atoms with Crippen molar-refractivity contribution in [1.29, 1.82) is 0 Å². The number of anilines is 2. The van der Waals surface area contributed by atoms with E-state index in [4.69, 9.17) is 16.3 Å². The number of amides is 1. The predicted octanol–water partition coefficient (Wildman–Crippen LogP) is 5.42. The second-order valence-electron chi connectivity index (χ2n) is 7.90. The molecule has 3 aromatic rings. The van der Waals surface area contributed by atoms with Crippen LogP contribution >= 0.6 is 11.6 Å². The van der Waals surface area contributed by atoms with Gasteiger partial charge in [-0.1, -0.05) is 29.8 Å².